The zero-order valence-electron chi connectivity index (χ0n) is 11.2. The molecule has 3 nitrogen and oxygen atoms in total. The van der Waals surface area contributed by atoms with Crippen molar-refractivity contribution in [1.29, 1.82) is 0 Å². The Labute approximate surface area is 121 Å². The van der Waals surface area contributed by atoms with Crippen LogP contribution in [-0.4, -0.2) is 16.1 Å². The topological polar surface area (TPSA) is 53.1 Å². The van der Waals surface area contributed by atoms with E-state index in [4.69, 9.17) is 11.6 Å². The first-order valence-corrected chi connectivity index (χ1v) is 6.79. The number of aliphatic carboxylic acids is 1. The number of aryl methyl sites for hydroxylation is 1. The lowest BCUT2D eigenvalue weighted by atomic mass is 9.95. The van der Waals surface area contributed by atoms with E-state index in [9.17, 15) is 9.90 Å². The summed E-state index contributed by atoms with van der Waals surface area (Å²) in [5.41, 5.74) is 3.76. The molecule has 2 aromatic carbocycles. The lowest BCUT2D eigenvalue weighted by Crippen LogP contribution is -2.08. The van der Waals surface area contributed by atoms with Crippen LogP contribution in [0.3, 0.4) is 0 Å². The normalized spacial score (nSPS) is 12.9. The molecule has 1 heterocycles. The third-order valence-electron chi connectivity index (χ3n) is 3.78. The summed E-state index contributed by atoms with van der Waals surface area (Å²) in [5, 5.41) is 12.0. The minimum Gasteiger partial charge on any atom is -0.481 e. The molecular formula is C16H14ClNO2. The highest BCUT2D eigenvalue weighted by Gasteiger charge is 2.17. The van der Waals surface area contributed by atoms with Crippen molar-refractivity contribution >= 4 is 39.4 Å². The van der Waals surface area contributed by atoms with E-state index in [1.165, 1.54) is 0 Å². The molecule has 0 unspecified atom stereocenters. The van der Waals surface area contributed by atoms with Gasteiger partial charge in [0.15, 0.2) is 0 Å². The molecule has 2 N–H and O–H groups in total. The number of hydrogen-bond acceptors (Lipinski definition) is 1. The van der Waals surface area contributed by atoms with Crippen molar-refractivity contribution in [3.05, 3.63) is 46.5 Å². The molecule has 0 aliphatic carbocycles. The summed E-state index contributed by atoms with van der Waals surface area (Å²) in [6.07, 6.45) is 0. The molecule has 1 aromatic heterocycles. The number of rotatable bonds is 2. The fourth-order valence-electron chi connectivity index (χ4n) is 2.64. The highest BCUT2D eigenvalue weighted by atomic mass is 35.5. The first-order chi connectivity index (χ1) is 9.47. The van der Waals surface area contributed by atoms with E-state index in [1.54, 1.807) is 6.92 Å². The van der Waals surface area contributed by atoms with Crippen LogP contribution in [-0.2, 0) is 4.79 Å². The average molecular weight is 288 g/mol. The van der Waals surface area contributed by atoms with E-state index >= 15 is 0 Å². The molecule has 0 bridgehead atoms. The summed E-state index contributed by atoms with van der Waals surface area (Å²) < 4.78 is 0. The predicted octanol–water partition coefficient (Wildman–Crippen LogP) is 4.47. The van der Waals surface area contributed by atoms with E-state index in [-0.39, 0.29) is 0 Å². The van der Waals surface area contributed by atoms with Crippen LogP contribution < -0.4 is 0 Å². The Morgan fingerprint density at radius 2 is 1.90 bits per heavy atom. The van der Waals surface area contributed by atoms with Gasteiger partial charge in [0, 0.05) is 26.8 Å². The number of aromatic amines is 1. The maximum absolute atomic E-state index is 11.2. The maximum atomic E-state index is 11.2. The average Bonchev–Trinajstić information content (AvgIpc) is 2.74. The van der Waals surface area contributed by atoms with Crippen molar-refractivity contribution in [2.75, 3.05) is 0 Å². The molecule has 4 heteroatoms. The summed E-state index contributed by atoms with van der Waals surface area (Å²) >= 11 is 6.05. The number of carboxylic acid groups (broad SMARTS) is 1. The van der Waals surface area contributed by atoms with Crippen LogP contribution in [0.4, 0.5) is 0 Å². The number of halogens is 1. The highest BCUT2D eigenvalue weighted by molar-refractivity contribution is 6.31. The summed E-state index contributed by atoms with van der Waals surface area (Å²) in [4.78, 5) is 14.5. The van der Waals surface area contributed by atoms with Crippen LogP contribution >= 0.6 is 11.6 Å². The molecule has 0 saturated heterocycles. The van der Waals surface area contributed by atoms with Gasteiger partial charge in [-0.3, -0.25) is 4.79 Å². The molecule has 0 spiro atoms. The Morgan fingerprint density at radius 1 is 1.20 bits per heavy atom. The number of benzene rings is 2. The summed E-state index contributed by atoms with van der Waals surface area (Å²) in [5.74, 6) is -1.33. The molecule has 0 amide bonds. The Bertz CT molecular complexity index is 835. The van der Waals surface area contributed by atoms with Gasteiger partial charge in [0.1, 0.15) is 0 Å². The van der Waals surface area contributed by atoms with E-state index in [0.717, 1.165) is 32.9 Å². The van der Waals surface area contributed by atoms with Crippen LogP contribution in [0.1, 0.15) is 24.0 Å². The van der Waals surface area contributed by atoms with E-state index in [0.29, 0.717) is 5.02 Å². The third-order valence-corrected chi connectivity index (χ3v) is 4.02. The van der Waals surface area contributed by atoms with Crippen molar-refractivity contribution in [1.82, 2.24) is 4.98 Å². The van der Waals surface area contributed by atoms with Crippen molar-refractivity contribution < 1.29 is 9.90 Å². The molecule has 0 radical (unpaired) electrons. The van der Waals surface area contributed by atoms with Crippen molar-refractivity contribution in [2.24, 2.45) is 0 Å². The first-order valence-electron chi connectivity index (χ1n) is 6.41. The molecule has 0 fully saturated rings. The van der Waals surface area contributed by atoms with Gasteiger partial charge in [-0.25, -0.2) is 0 Å². The lowest BCUT2D eigenvalue weighted by Gasteiger charge is -2.10. The second-order valence-electron chi connectivity index (χ2n) is 5.13. The molecule has 102 valence electrons. The highest BCUT2D eigenvalue weighted by Crippen LogP contribution is 2.32. The summed E-state index contributed by atoms with van der Waals surface area (Å²) in [6.45, 7) is 3.65. The lowest BCUT2D eigenvalue weighted by molar-refractivity contribution is -0.138. The second kappa shape index (κ2) is 4.53. The second-order valence-corrected chi connectivity index (χ2v) is 5.57. The maximum Gasteiger partial charge on any atom is 0.310 e. The molecule has 0 aliphatic heterocycles. The smallest absolute Gasteiger partial charge is 0.310 e. The number of hydrogen-bond donors (Lipinski definition) is 2. The molecule has 1 atom stereocenters. The molecule has 20 heavy (non-hydrogen) atoms. The van der Waals surface area contributed by atoms with Gasteiger partial charge in [0.2, 0.25) is 0 Å². The number of nitrogens with one attached hydrogen (secondary N) is 1. The van der Waals surface area contributed by atoms with Crippen molar-refractivity contribution in [3.63, 3.8) is 0 Å². The Hall–Kier alpha value is -2.00. The quantitative estimate of drug-likeness (QED) is 0.730. The standard InChI is InChI=1S/C16H14ClNO2/c1-8-5-12-13-6-10(17)3-4-14(13)18-15(12)7-11(8)9(2)16(19)20/h3-7,9,18H,1-2H3,(H,19,20)/t9-/m0/s1. The first kappa shape index (κ1) is 13.0. The van der Waals surface area contributed by atoms with Crippen LogP contribution in [0.15, 0.2) is 30.3 Å². The van der Waals surface area contributed by atoms with Gasteiger partial charge in [-0.15, -0.1) is 0 Å². The van der Waals surface area contributed by atoms with Gasteiger partial charge in [-0.2, -0.15) is 0 Å². The number of H-pyrrole nitrogens is 1. The fourth-order valence-corrected chi connectivity index (χ4v) is 2.82. The molecule has 3 aromatic rings. The zero-order valence-corrected chi connectivity index (χ0v) is 12.0. The zero-order chi connectivity index (χ0) is 14.4. The number of aromatic nitrogens is 1. The Kier molecular flexibility index (Phi) is 2.94. The summed E-state index contributed by atoms with van der Waals surface area (Å²) in [6, 6.07) is 9.66. The predicted molar refractivity (Wildman–Crippen MR) is 81.6 cm³/mol. The number of carbonyl (C=O) groups is 1. The van der Waals surface area contributed by atoms with E-state index in [1.807, 2.05) is 37.3 Å². The van der Waals surface area contributed by atoms with Crippen LogP contribution in [0.25, 0.3) is 21.8 Å². The largest absolute Gasteiger partial charge is 0.481 e. The summed E-state index contributed by atoms with van der Waals surface area (Å²) in [7, 11) is 0. The van der Waals surface area contributed by atoms with Gasteiger partial charge in [0.25, 0.3) is 0 Å². The molecule has 3 rings (SSSR count). The molecule has 0 aliphatic rings. The Morgan fingerprint density at radius 3 is 2.60 bits per heavy atom. The van der Waals surface area contributed by atoms with Gasteiger partial charge in [-0.05, 0) is 55.3 Å². The van der Waals surface area contributed by atoms with E-state index in [2.05, 4.69) is 4.98 Å². The Balaban J connectivity index is 2.31. The van der Waals surface area contributed by atoms with Gasteiger partial charge >= 0.3 is 5.97 Å². The van der Waals surface area contributed by atoms with Crippen molar-refractivity contribution in [3.8, 4) is 0 Å². The third kappa shape index (κ3) is 1.95. The fraction of sp³-hybridized carbons (Fsp3) is 0.188. The minimum absolute atomic E-state index is 0.519. The van der Waals surface area contributed by atoms with Crippen LogP contribution in [0.5, 0.6) is 0 Å². The van der Waals surface area contributed by atoms with Gasteiger partial charge in [-0.1, -0.05) is 11.6 Å². The molecule has 0 saturated carbocycles. The van der Waals surface area contributed by atoms with E-state index < -0.39 is 11.9 Å². The molecular weight excluding hydrogens is 274 g/mol. The SMILES string of the molecule is Cc1cc2c(cc1[C@H](C)C(=O)O)[nH]c1ccc(Cl)cc12. The number of carboxylic acids is 1. The number of fused-ring (bicyclic) bond motifs is 3. The van der Waals surface area contributed by atoms with Gasteiger partial charge in [0.05, 0.1) is 5.92 Å². The van der Waals surface area contributed by atoms with Gasteiger partial charge < -0.3 is 10.1 Å². The van der Waals surface area contributed by atoms with Crippen LogP contribution in [0, 0.1) is 6.92 Å². The minimum atomic E-state index is -0.813. The van der Waals surface area contributed by atoms with Crippen LogP contribution in [0.2, 0.25) is 5.02 Å². The van der Waals surface area contributed by atoms with Crippen molar-refractivity contribution in [2.45, 2.75) is 19.8 Å². The monoisotopic (exact) mass is 287 g/mol.